The summed E-state index contributed by atoms with van der Waals surface area (Å²) in [6, 6.07) is 8.69. The van der Waals surface area contributed by atoms with E-state index in [4.69, 9.17) is 0 Å². The first-order chi connectivity index (χ1) is 9.93. The Bertz CT molecular complexity index is 587. The summed E-state index contributed by atoms with van der Waals surface area (Å²) < 4.78 is 2.01. The first-order valence-corrected chi connectivity index (χ1v) is 7.83. The van der Waals surface area contributed by atoms with E-state index in [0.717, 1.165) is 36.1 Å². The molecule has 2 N–H and O–H groups in total. The molecule has 0 fully saturated rings. The average Bonchev–Trinajstić information content (AvgIpc) is 2.76. The van der Waals surface area contributed by atoms with E-state index in [1.54, 1.807) is 0 Å². The molecule has 0 spiro atoms. The molecule has 0 radical (unpaired) electrons. The summed E-state index contributed by atoms with van der Waals surface area (Å²) in [4.78, 5) is 0. The van der Waals surface area contributed by atoms with E-state index in [0.29, 0.717) is 12.5 Å². The monoisotopic (exact) mass is 289 g/mol. The molecule has 1 aromatic heterocycles. The molecular weight excluding hydrogens is 262 g/mol. The molecule has 1 aromatic carbocycles. The molecule has 1 atom stereocenters. The van der Waals surface area contributed by atoms with Gasteiger partial charge < -0.3 is 10.4 Å². The van der Waals surface area contributed by atoms with E-state index < -0.39 is 5.60 Å². The maximum absolute atomic E-state index is 10.6. The van der Waals surface area contributed by atoms with E-state index in [1.165, 1.54) is 0 Å². The number of hydrogen-bond acceptors (Lipinski definition) is 3. The second-order valence-electron chi connectivity index (χ2n) is 6.31. The fourth-order valence-corrected chi connectivity index (χ4v) is 2.65. The molecule has 4 nitrogen and oxygen atoms in total. The average molecular weight is 289 g/mol. The van der Waals surface area contributed by atoms with Gasteiger partial charge in [0, 0.05) is 24.4 Å². The Morgan fingerprint density at radius 1 is 1.33 bits per heavy atom. The molecule has 2 aromatic rings. The van der Waals surface area contributed by atoms with Crippen LogP contribution in [0.1, 0.15) is 39.8 Å². The highest BCUT2D eigenvalue weighted by Gasteiger charge is 2.24. The van der Waals surface area contributed by atoms with Crippen LogP contribution in [0.4, 0.5) is 0 Å². The topological polar surface area (TPSA) is 50.1 Å². The van der Waals surface area contributed by atoms with Crippen LogP contribution in [0.5, 0.6) is 0 Å². The SMILES string of the molecule is CCn1nc(CC(C)(O)CCNC(C)C)c2ccccc21. The fraction of sp³-hybridized carbons (Fsp3) is 0.588. The summed E-state index contributed by atoms with van der Waals surface area (Å²) in [6.45, 7) is 9.88. The summed E-state index contributed by atoms with van der Waals surface area (Å²) in [5, 5.41) is 19.8. The van der Waals surface area contributed by atoms with Gasteiger partial charge in [-0.3, -0.25) is 4.68 Å². The number of rotatable bonds is 7. The third-order valence-electron chi connectivity index (χ3n) is 3.80. The molecule has 21 heavy (non-hydrogen) atoms. The maximum Gasteiger partial charge on any atom is 0.0731 e. The van der Waals surface area contributed by atoms with Gasteiger partial charge in [-0.15, -0.1) is 0 Å². The molecule has 0 aliphatic carbocycles. The van der Waals surface area contributed by atoms with E-state index in [9.17, 15) is 5.11 Å². The summed E-state index contributed by atoms with van der Waals surface area (Å²) in [7, 11) is 0. The lowest BCUT2D eigenvalue weighted by atomic mass is 9.94. The third-order valence-corrected chi connectivity index (χ3v) is 3.80. The molecule has 4 heteroatoms. The summed E-state index contributed by atoms with van der Waals surface area (Å²) >= 11 is 0. The van der Waals surface area contributed by atoms with Gasteiger partial charge in [-0.1, -0.05) is 32.0 Å². The summed E-state index contributed by atoms with van der Waals surface area (Å²) in [5.74, 6) is 0. The van der Waals surface area contributed by atoms with Gasteiger partial charge >= 0.3 is 0 Å². The van der Waals surface area contributed by atoms with Crippen LogP contribution in [-0.2, 0) is 13.0 Å². The molecule has 0 amide bonds. The Morgan fingerprint density at radius 3 is 2.71 bits per heavy atom. The van der Waals surface area contributed by atoms with Crippen molar-refractivity contribution in [2.75, 3.05) is 6.54 Å². The van der Waals surface area contributed by atoms with Crippen LogP contribution in [0.2, 0.25) is 0 Å². The van der Waals surface area contributed by atoms with Gasteiger partial charge in [0.25, 0.3) is 0 Å². The van der Waals surface area contributed by atoms with Gasteiger partial charge in [-0.2, -0.15) is 5.10 Å². The minimum Gasteiger partial charge on any atom is -0.390 e. The van der Waals surface area contributed by atoms with Crippen LogP contribution >= 0.6 is 0 Å². The Hall–Kier alpha value is -1.39. The number of aliphatic hydroxyl groups is 1. The van der Waals surface area contributed by atoms with Crippen molar-refractivity contribution in [3.63, 3.8) is 0 Å². The van der Waals surface area contributed by atoms with Gasteiger partial charge in [-0.05, 0) is 32.9 Å². The molecule has 1 unspecified atom stereocenters. The lowest BCUT2D eigenvalue weighted by Gasteiger charge is -2.23. The largest absolute Gasteiger partial charge is 0.390 e. The molecule has 2 rings (SSSR count). The van der Waals surface area contributed by atoms with Crippen LogP contribution in [0.15, 0.2) is 24.3 Å². The molecule has 0 saturated carbocycles. The minimum atomic E-state index is -0.739. The van der Waals surface area contributed by atoms with Gasteiger partial charge in [-0.25, -0.2) is 0 Å². The van der Waals surface area contributed by atoms with Crippen molar-refractivity contribution in [1.29, 1.82) is 0 Å². The van der Waals surface area contributed by atoms with Gasteiger partial charge in [0.15, 0.2) is 0 Å². The molecule has 0 saturated heterocycles. The standard InChI is InChI=1S/C17H27N3O/c1-5-20-16-9-7-6-8-14(16)15(19-20)12-17(4,21)10-11-18-13(2)3/h6-9,13,18,21H,5,10-12H2,1-4H3. The number of aryl methyl sites for hydroxylation is 1. The zero-order valence-corrected chi connectivity index (χ0v) is 13.6. The van der Waals surface area contributed by atoms with E-state index in [1.807, 2.05) is 23.7 Å². The van der Waals surface area contributed by atoms with Crippen molar-refractivity contribution in [3.05, 3.63) is 30.0 Å². The second kappa shape index (κ2) is 6.58. The van der Waals surface area contributed by atoms with Crippen LogP contribution in [0.25, 0.3) is 10.9 Å². The molecule has 1 heterocycles. The Balaban J connectivity index is 2.15. The second-order valence-corrected chi connectivity index (χ2v) is 6.31. The van der Waals surface area contributed by atoms with Crippen LogP contribution < -0.4 is 5.32 Å². The molecule has 0 bridgehead atoms. The number of fused-ring (bicyclic) bond motifs is 1. The minimum absolute atomic E-state index is 0.445. The zero-order chi connectivity index (χ0) is 15.5. The zero-order valence-electron chi connectivity index (χ0n) is 13.6. The Kier molecular flexibility index (Phi) is 5.01. The first kappa shape index (κ1) is 16.0. The number of nitrogens with one attached hydrogen (secondary N) is 1. The van der Waals surface area contributed by atoms with Crippen molar-refractivity contribution in [1.82, 2.24) is 15.1 Å². The van der Waals surface area contributed by atoms with Crippen molar-refractivity contribution < 1.29 is 5.11 Å². The highest BCUT2D eigenvalue weighted by molar-refractivity contribution is 5.82. The van der Waals surface area contributed by atoms with Gasteiger partial charge in [0.05, 0.1) is 16.8 Å². The predicted molar refractivity (Wildman–Crippen MR) is 87.5 cm³/mol. The van der Waals surface area contributed by atoms with Crippen LogP contribution in [0, 0.1) is 0 Å². The molecule has 0 aliphatic heterocycles. The van der Waals surface area contributed by atoms with E-state index in [2.05, 4.69) is 43.3 Å². The number of aromatic nitrogens is 2. The molecular formula is C17H27N3O. The fourth-order valence-electron chi connectivity index (χ4n) is 2.65. The Morgan fingerprint density at radius 2 is 2.05 bits per heavy atom. The van der Waals surface area contributed by atoms with Crippen molar-refractivity contribution >= 4 is 10.9 Å². The van der Waals surface area contributed by atoms with E-state index in [-0.39, 0.29) is 0 Å². The highest BCUT2D eigenvalue weighted by Crippen LogP contribution is 2.23. The van der Waals surface area contributed by atoms with Crippen molar-refractivity contribution in [2.45, 2.75) is 58.7 Å². The van der Waals surface area contributed by atoms with Gasteiger partial charge in [0.2, 0.25) is 0 Å². The van der Waals surface area contributed by atoms with Crippen molar-refractivity contribution in [2.24, 2.45) is 0 Å². The van der Waals surface area contributed by atoms with Crippen molar-refractivity contribution in [3.8, 4) is 0 Å². The quantitative estimate of drug-likeness (QED) is 0.824. The highest BCUT2D eigenvalue weighted by atomic mass is 16.3. The van der Waals surface area contributed by atoms with Crippen LogP contribution in [0.3, 0.4) is 0 Å². The van der Waals surface area contributed by atoms with E-state index >= 15 is 0 Å². The predicted octanol–water partition coefficient (Wildman–Crippen LogP) is 2.74. The number of benzene rings is 1. The Labute approximate surface area is 127 Å². The summed E-state index contributed by atoms with van der Waals surface area (Å²) in [5.41, 5.74) is 1.39. The lowest BCUT2D eigenvalue weighted by molar-refractivity contribution is 0.0503. The maximum atomic E-state index is 10.6. The third kappa shape index (κ3) is 4.05. The lowest BCUT2D eigenvalue weighted by Crippen LogP contribution is -2.34. The number of para-hydroxylation sites is 1. The van der Waals surface area contributed by atoms with Gasteiger partial charge in [0.1, 0.15) is 0 Å². The summed E-state index contributed by atoms with van der Waals surface area (Å²) in [6.07, 6.45) is 1.30. The number of hydrogen-bond donors (Lipinski definition) is 2. The number of nitrogens with zero attached hydrogens (tertiary/aromatic N) is 2. The first-order valence-electron chi connectivity index (χ1n) is 7.83. The normalized spacial score (nSPS) is 14.8. The smallest absolute Gasteiger partial charge is 0.0731 e. The molecule has 116 valence electrons. The molecule has 0 aliphatic rings. The van der Waals surface area contributed by atoms with Crippen LogP contribution in [-0.4, -0.2) is 33.1 Å².